The molecule has 1 saturated heterocycles. The molecule has 2 heterocycles. The number of hydrogen-bond donors (Lipinski definition) is 1. The molecule has 0 bridgehead atoms. The molecule has 1 N–H and O–H groups in total. The van der Waals surface area contributed by atoms with Crippen LogP contribution in [0.2, 0.25) is 0 Å². The minimum atomic E-state index is -0.153. The predicted molar refractivity (Wildman–Crippen MR) is 97.7 cm³/mol. The van der Waals surface area contributed by atoms with Gasteiger partial charge in [0.05, 0.1) is 20.3 Å². The maximum atomic E-state index is 12.8. The smallest absolute Gasteiger partial charge is 0.322 e. The summed E-state index contributed by atoms with van der Waals surface area (Å²) in [5, 5.41) is 7.11. The Bertz CT molecular complexity index is 759. The zero-order chi connectivity index (χ0) is 18.5. The zero-order valence-corrected chi connectivity index (χ0v) is 15.4. The Labute approximate surface area is 153 Å². The summed E-state index contributed by atoms with van der Waals surface area (Å²) in [6, 6.07) is 7.07. The fraction of sp³-hybridized carbons (Fsp3) is 0.474. The van der Waals surface area contributed by atoms with E-state index in [0.717, 1.165) is 37.1 Å². The van der Waals surface area contributed by atoms with E-state index < -0.39 is 0 Å². The topological polar surface area (TPSA) is 76.8 Å². The maximum absolute atomic E-state index is 12.8. The number of ether oxygens (including phenoxy) is 2. The molecule has 1 aromatic carbocycles. The Balaban J connectivity index is 1.72. The summed E-state index contributed by atoms with van der Waals surface area (Å²) in [6.45, 7) is 2.79. The fourth-order valence-electron chi connectivity index (χ4n) is 3.28. The molecule has 7 nitrogen and oxygen atoms in total. The number of urea groups is 1. The van der Waals surface area contributed by atoms with E-state index in [1.54, 1.807) is 32.4 Å². The molecule has 0 aliphatic carbocycles. The minimum absolute atomic E-state index is 0.0514. The van der Waals surface area contributed by atoms with Crippen LogP contribution in [0, 0.1) is 0 Å². The quantitative estimate of drug-likeness (QED) is 0.843. The second-order valence-corrected chi connectivity index (χ2v) is 6.32. The van der Waals surface area contributed by atoms with Gasteiger partial charge in [0.2, 0.25) is 0 Å². The van der Waals surface area contributed by atoms with E-state index in [4.69, 9.17) is 14.0 Å². The van der Waals surface area contributed by atoms with Crippen molar-refractivity contribution in [3.8, 4) is 11.5 Å². The molecule has 2 aromatic rings. The largest absolute Gasteiger partial charge is 0.493 e. The normalized spacial score (nSPS) is 16.6. The number of nitrogens with one attached hydrogen (secondary N) is 1. The predicted octanol–water partition coefficient (Wildman–Crippen LogP) is 4.01. The first kappa shape index (κ1) is 18.1. The molecular weight excluding hydrogens is 334 g/mol. The van der Waals surface area contributed by atoms with Crippen molar-refractivity contribution < 1.29 is 18.8 Å². The van der Waals surface area contributed by atoms with E-state index in [2.05, 4.69) is 17.4 Å². The molecule has 1 aliphatic heterocycles. The number of aryl methyl sites for hydroxylation is 1. The van der Waals surface area contributed by atoms with Crippen LogP contribution < -0.4 is 14.8 Å². The molecule has 1 fully saturated rings. The Morgan fingerprint density at radius 3 is 2.85 bits per heavy atom. The summed E-state index contributed by atoms with van der Waals surface area (Å²) >= 11 is 0. The van der Waals surface area contributed by atoms with E-state index in [1.165, 1.54) is 0 Å². The number of benzene rings is 1. The summed E-state index contributed by atoms with van der Waals surface area (Å²) in [7, 11) is 3.15. The number of carbonyl (C=O) groups is 1. The second kappa shape index (κ2) is 8.12. The lowest BCUT2D eigenvalue weighted by Crippen LogP contribution is -2.34. The molecular formula is C19H25N3O4. The van der Waals surface area contributed by atoms with Crippen molar-refractivity contribution >= 4 is 11.7 Å². The van der Waals surface area contributed by atoms with Gasteiger partial charge in [-0.3, -0.25) is 0 Å². The first-order valence-corrected chi connectivity index (χ1v) is 8.91. The number of likely N-dealkylation sites (tertiary alicyclic amines) is 1. The van der Waals surface area contributed by atoms with Gasteiger partial charge in [-0.25, -0.2) is 4.79 Å². The SMILES string of the molecule is CCCc1cc([C@H]2CCCN2C(=O)Nc2ccc(OC)c(OC)c2)no1. The van der Waals surface area contributed by atoms with Gasteiger partial charge in [-0.1, -0.05) is 12.1 Å². The van der Waals surface area contributed by atoms with Crippen molar-refractivity contribution in [3.05, 3.63) is 35.7 Å². The van der Waals surface area contributed by atoms with Gasteiger partial charge >= 0.3 is 6.03 Å². The first-order valence-electron chi connectivity index (χ1n) is 8.91. The van der Waals surface area contributed by atoms with Crippen LogP contribution in [-0.2, 0) is 6.42 Å². The lowest BCUT2D eigenvalue weighted by molar-refractivity contribution is 0.204. The van der Waals surface area contributed by atoms with Crippen molar-refractivity contribution in [1.82, 2.24) is 10.1 Å². The maximum Gasteiger partial charge on any atom is 0.322 e. The lowest BCUT2D eigenvalue weighted by Gasteiger charge is -2.23. The van der Waals surface area contributed by atoms with E-state index in [-0.39, 0.29) is 12.1 Å². The van der Waals surface area contributed by atoms with Crippen LogP contribution in [0.4, 0.5) is 10.5 Å². The highest BCUT2D eigenvalue weighted by Crippen LogP contribution is 2.33. The van der Waals surface area contributed by atoms with Crippen LogP contribution in [0.1, 0.15) is 43.7 Å². The van der Waals surface area contributed by atoms with E-state index >= 15 is 0 Å². The molecule has 0 radical (unpaired) electrons. The van der Waals surface area contributed by atoms with E-state index in [0.29, 0.717) is 23.7 Å². The molecule has 1 atom stereocenters. The highest BCUT2D eigenvalue weighted by Gasteiger charge is 2.32. The fourth-order valence-corrected chi connectivity index (χ4v) is 3.28. The third-order valence-electron chi connectivity index (χ3n) is 4.56. The Hall–Kier alpha value is -2.70. The summed E-state index contributed by atoms with van der Waals surface area (Å²) < 4.78 is 15.9. The van der Waals surface area contributed by atoms with E-state index in [9.17, 15) is 4.79 Å². The molecule has 0 unspecified atom stereocenters. The summed E-state index contributed by atoms with van der Waals surface area (Å²) in [5.74, 6) is 2.06. The van der Waals surface area contributed by atoms with Crippen molar-refractivity contribution in [2.24, 2.45) is 0 Å². The molecule has 0 spiro atoms. The highest BCUT2D eigenvalue weighted by molar-refractivity contribution is 5.90. The van der Waals surface area contributed by atoms with Crippen LogP contribution in [0.3, 0.4) is 0 Å². The van der Waals surface area contributed by atoms with Gasteiger partial charge in [0.25, 0.3) is 0 Å². The monoisotopic (exact) mass is 359 g/mol. The van der Waals surface area contributed by atoms with Crippen molar-refractivity contribution in [2.75, 3.05) is 26.1 Å². The molecule has 3 rings (SSSR count). The number of methoxy groups -OCH3 is 2. The summed E-state index contributed by atoms with van der Waals surface area (Å²) in [5.41, 5.74) is 1.48. The molecule has 7 heteroatoms. The van der Waals surface area contributed by atoms with Crippen molar-refractivity contribution in [2.45, 2.75) is 38.6 Å². The van der Waals surface area contributed by atoms with Crippen LogP contribution >= 0.6 is 0 Å². The highest BCUT2D eigenvalue weighted by atomic mass is 16.5. The number of aromatic nitrogens is 1. The number of anilines is 1. The number of carbonyl (C=O) groups excluding carboxylic acids is 1. The van der Waals surface area contributed by atoms with Crippen LogP contribution in [0.15, 0.2) is 28.8 Å². The molecule has 1 aromatic heterocycles. The Morgan fingerprint density at radius 1 is 1.31 bits per heavy atom. The van der Waals surface area contributed by atoms with Gasteiger partial charge in [-0.05, 0) is 31.4 Å². The second-order valence-electron chi connectivity index (χ2n) is 6.32. The van der Waals surface area contributed by atoms with Gasteiger partial charge in [0.15, 0.2) is 11.5 Å². The zero-order valence-electron chi connectivity index (χ0n) is 15.4. The van der Waals surface area contributed by atoms with Gasteiger partial charge in [-0.2, -0.15) is 0 Å². The van der Waals surface area contributed by atoms with Gasteiger partial charge in [0, 0.05) is 30.8 Å². The minimum Gasteiger partial charge on any atom is -0.493 e. The van der Waals surface area contributed by atoms with Gasteiger partial charge in [-0.15, -0.1) is 0 Å². The number of nitrogens with zero attached hydrogens (tertiary/aromatic N) is 2. The van der Waals surface area contributed by atoms with E-state index in [1.807, 2.05) is 11.0 Å². The van der Waals surface area contributed by atoms with Crippen LogP contribution in [0.5, 0.6) is 11.5 Å². The van der Waals surface area contributed by atoms with Crippen LogP contribution in [0.25, 0.3) is 0 Å². The average Bonchev–Trinajstić information content (AvgIpc) is 3.31. The summed E-state index contributed by atoms with van der Waals surface area (Å²) in [6.07, 6.45) is 3.69. The molecule has 26 heavy (non-hydrogen) atoms. The number of rotatable bonds is 6. The molecule has 140 valence electrons. The lowest BCUT2D eigenvalue weighted by atomic mass is 10.1. The standard InChI is InChI=1S/C19H25N3O4/c1-4-6-14-12-15(21-26-14)16-7-5-10-22(16)19(23)20-13-8-9-17(24-2)18(11-13)25-3/h8-9,11-12,16H,4-7,10H2,1-3H3,(H,20,23)/t16-/m1/s1. The number of amides is 2. The number of hydrogen-bond acceptors (Lipinski definition) is 5. The third kappa shape index (κ3) is 3.76. The summed E-state index contributed by atoms with van der Waals surface area (Å²) in [4.78, 5) is 14.6. The third-order valence-corrected chi connectivity index (χ3v) is 4.56. The van der Waals surface area contributed by atoms with Crippen LogP contribution in [-0.4, -0.2) is 36.9 Å². The molecule has 1 aliphatic rings. The van der Waals surface area contributed by atoms with Gasteiger partial charge < -0.3 is 24.2 Å². The first-order chi connectivity index (χ1) is 12.7. The molecule has 2 amide bonds. The van der Waals surface area contributed by atoms with Gasteiger partial charge in [0.1, 0.15) is 11.5 Å². The molecule has 0 saturated carbocycles. The van der Waals surface area contributed by atoms with Crippen molar-refractivity contribution in [1.29, 1.82) is 0 Å². The van der Waals surface area contributed by atoms with Crippen molar-refractivity contribution in [3.63, 3.8) is 0 Å². The average molecular weight is 359 g/mol. The Morgan fingerprint density at radius 2 is 2.12 bits per heavy atom. The Kier molecular flexibility index (Phi) is 5.65.